The molecular weight excluding hydrogens is 411 g/mol. The summed E-state index contributed by atoms with van der Waals surface area (Å²) in [5.41, 5.74) is 2.63. The third-order valence-electron chi connectivity index (χ3n) is 4.80. The van der Waals surface area contributed by atoms with Gasteiger partial charge < -0.3 is 9.73 Å². The van der Waals surface area contributed by atoms with E-state index in [1.807, 2.05) is 25.1 Å². The molecule has 0 aliphatic heterocycles. The first-order valence-electron chi connectivity index (χ1n) is 9.86. The summed E-state index contributed by atoms with van der Waals surface area (Å²) in [6, 6.07) is 23.6. The molecule has 1 amide bonds. The number of rotatable bonds is 7. The topological polar surface area (TPSA) is 55.1 Å². The van der Waals surface area contributed by atoms with Gasteiger partial charge in [-0.1, -0.05) is 36.4 Å². The molecule has 31 heavy (non-hydrogen) atoms. The number of amides is 1. The maximum Gasteiger partial charge on any atom is 0.251 e. The normalized spacial score (nSPS) is 10.8. The molecule has 6 heteroatoms. The fourth-order valence-corrected chi connectivity index (χ4v) is 3.96. The summed E-state index contributed by atoms with van der Waals surface area (Å²) >= 11 is 1.71. The van der Waals surface area contributed by atoms with Gasteiger partial charge in [0.15, 0.2) is 0 Å². The number of nitrogens with zero attached hydrogens (tertiary/aromatic N) is 1. The van der Waals surface area contributed by atoms with Crippen LogP contribution in [0.15, 0.2) is 88.2 Å². The van der Waals surface area contributed by atoms with Crippen LogP contribution >= 0.6 is 11.8 Å². The molecule has 0 atom stereocenters. The third kappa shape index (κ3) is 5.22. The summed E-state index contributed by atoms with van der Waals surface area (Å²) in [7, 11) is 0. The second-order valence-corrected chi connectivity index (χ2v) is 8.02. The molecular formula is C25H21FN2O2S. The molecule has 0 unspecified atom stereocenters. The summed E-state index contributed by atoms with van der Waals surface area (Å²) in [5.74, 6) is 1.43. The Balaban J connectivity index is 1.39. The molecule has 1 heterocycles. The molecule has 0 saturated carbocycles. The van der Waals surface area contributed by atoms with Gasteiger partial charge in [0, 0.05) is 33.9 Å². The minimum atomic E-state index is -0.335. The molecule has 1 N–H and O–H groups in total. The number of hydrogen-bond donors (Lipinski definition) is 1. The van der Waals surface area contributed by atoms with Gasteiger partial charge in [0.05, 0.1) is 5.69 Å². The molecule has 1 aromatic heterocycles. The Kier molecular flexibility index (Phi) is 6.48. The molecule has 4 rings (SSSR count). The van der Waals surface area contributed by atoms with E-state index < -0.39 is 0 Å². The van der Waals surface area contributed by atoms with Crippen LogP contribution in [0.3, 0.4) is 0 Å². The third-order valence-corrected chi connectivity index (χ3v) is 5.83. The van der Waals surface area contributed by atoms with Gasteiger partial charge in [-0.2, -0.15) is 0 Å². The molecule has 0 bridgehead atoms. The fraction of sp³-hybridized carbons (Fsp3) is 0.120. The van der Waals surface area contributed by atoms with Crippen LogP contribution in [0.1, 0.15) is 27.4 Å². The quantitative estimate of drug-likeness (QED) is 0.363. The van der Waals surface area contributed by atoms with Crippen LogP contribution in [0.5, 0.6) is 0 Å². The van der Waals surface area contributed by atoms with Gasteiger partial charge in [-0.3, -0.25) is 4.79 Å². The van der Waals surface area contributed by atoms with Gasteiger partial charge in [-0.05, 0) is 49.4 Å². The van der Waals surface area contributed by atoms with Crippen LogP contribution in [0.4, 0.5) is 4.39 Å². The highest BCUT2D eigenvalue weighted by Gasteiger charge is 2.13. The second kappa shape index (κ2) is 9.62. The van der Waals surface area contributed by atoms with E-state index >= 15 is 0 Å². The Bertz CT molecular complexity index is 1170. The molecule has 4 nitrogen and oxygen atoms in total. The van der Waals surface area contributed by atoms with Crippen molar-refractivity contribution < 1.29 is 13.6 Å². The molecule has 0 fully saturated rings. The Hall–Kier alpha value is -3.38. The number of halogens is 1. The predicted molar refractivity (Wildman–Crippen MR) is 120 cm³/mol. The van der Waals surface area contributed by atoms with Crippen molar-refractivity contribution in [3.05, 3.63) is 107 Å². The van der Waals surface area contributed by atoms with Crippen LogP contribution in [0.25, 0.3) is 11.5 Å². The predicted octanol–water partition coefficient (Wildman–Crippen LogP) is 6.01. The Morgan fingerprint density at radius 2 is 1.71 bits per heavy atom. The maximum absolute atomic E-state index is 13.7. The number of nitrogens with one attached hydrogen (secondary N) is 1. The number of hydrogen-bond acceptors (Lipinski definition) is 4. The molecule has 0 saturated heterocycles. The molecule has 156 valence electrons. The SMILES string of the molecule is Cc1oc(-c2ccc(C(=O)NCc3ccccc3F)cc2)nc1CSc1ccccc1. The molecule has 0 aliphatic carbocycles. The average Bonchev–Trinajstić information content (AvgIpc) is 3.18. The van der Waals surface area contributed by atoms with Crippen LogP contribution in [0, 0.1) is 12.7 Å². The first-order valence-corrected chi connectivity index (χ1v) is 10.8. The van der Waals surface area contributed by atoms with E-state index in [0.717, 1.165) is 22.8 Å². The van der Waals surface area contributed by atoms with Crippen molar-refractivity contribution in [3.8, 4) is 11.5 Å². The van der Waals surface area contributed by atoms with Crippen LogP contribution in [-0.4, -0.2) is 10.9 Å². The van der Waals surface area contributed by atoms with Crippen LogP contribution in [0.2, 0.25) is 0 Å². The molecule has 0 radical (unpaired) electrons. The van der Waals surface area contributed by atoms with Gasteiger partial charge in [0.2, 0.25) is 5.89 Å². The van der Waals surface area contributed by atoms with Crippen molar-refractivity contribution in [2.45, 2.75) is 24.1 Å². The van der Waals surface area contributed by atoms with E-state index in [1.54, 1.807) is 54.2 Å². The highest BCUT2D eigenvalue weighted by Crippen LogP contribution is 2.27. The lowest BCUT2D eigenvalue weighted by molar-refractivity contribution is 0.0950. The van der Waals surface area contributed by atoms with E-state index in [0.29, 0.717) is 17.0 Å². The Morgan fingerprint density at radius 1 is 1.00 bits per heavy atom. The number of aromatic nitrogens is 1. The van der Waals surface area contributed by atoms with E-state index in [2.05, 4.69) is 22.4 Å². The zero-order valence-electron chi connectivity index (χ0n) is 17.0. The Labute approximate surface area is 184 Å². The minimum Gasteiger partial charge on any atom is -0.441 e. The van der Waals surface area contributed by atoms with Crippen LogP contribution in [-0.2, 0) is 12.3 Å². The lowest BCUT2D eigenvalue weighted by Gasteiger charge is -2.06. The fourth-order valence-electron chi connectivity index (χ4n) is 3.04. The van der Waals surface area contributed by atoms with Gasteiger partial charge in [-0.25, -0.2) is 9.37 Å². The van der Waals surface area contributed by atoms with E-state index in [1.165, 1.54) is 11.0 Å². The van der Waals surface area contributed by atoms with Crippen molar-refractivity contribution in [1.82, 2.24) is 10.3 Å². The maximum atomic E-state index is 13.7. The van der Waals surface area contributed by atoms with E-state index in [4.69, 9.17) is 4.42 Å². The van der Waals surface area contributed by atoms with Crippen molar-refractivity contribution in [1.29, 1.82) is 0 Å². The lowest BCUT2D eigenvalue weighted by atomic mass is 10.1. The van der Waals surface area contributed by atoms with Crippen molar-refractivity contribution in [2.75, 3.05) is 0 Å². The lowest BCUT2D eigenvalue weighted by Crippen LogP contribution is -2.23. The smallest absolute Gasteiger partial charge is 0.251 e. The molecule has 3 aromatic carbocycles. The van der Waals surface area contributed by atoms with E-state index in [-0.39, 0.29) is 18.3 Å². The number of thioether (sulfide) groups is 1. The summed E-state index contributed by atoms with van der Waals surface area (Å²) in [4.78, 5) is 18.2. The number of carbonyl (C=O) groups excluding carboxylic acids is 1. The van der Waals surface area contributed by atoms with E-state index in [9.17, 15) is 9.18 Å². The summed E-state index contributed by atoms with van der Waals surface area (Å²) in [6.07, 6.45) is 0. The van der Waals surface area contributed by atoms with Crippen molar-refractivity contribution in [2.24, 2.45) is 0 Å². The zero-order chi connectivity index (χ0) is 21.6. The van der Waals surface area contributed by atoms with Crippen molar-refractivity contribution in [3.63, 3.8) is 0 Å². The van der Waals surface area contributed by atoms with Gasteiger partial charge >= 0.3 is 0 Å². The Morgan fingerprint density at radius 3 is 2.45 bits per heavy atom. The zero-order valence-corrected chi connectivity index (χ0v) is 17.8. The number of aryl methyl sites for hydroxylation is 1. The summed E-state index contributed by atoms with van der Waals surface area (Å²) in [5, 5.41) is 2.74. The highest BCUT2D eigenvalue weighted by molar-refractivity contribution is 7.98. The monoisotopic (exact) mass is 432 g/mol. The standard InChI is InChI=1S/C25H21FN2O2S/c1-17-23(16-31-21-8-3-2-4-9-21)28-25(30-17)19-13-11-18(12-14-19)24(29)27-15-20-7-5-6-10-22(20)26/h2-14H,15-16H2,1H3,(H,27,29). The largest absolute Gasteiger partial charge is 0.441 e. The average molecular weight is 433 g/mol. The number of benzene rings is 3. The van der Waals surface area contributed by atoms with Gasteiger partial charge in [0.1, 0.15) is 11.6 Å². The number of oxazole rings is 1. The first kappa shape index (κ1) is 20.9. The molecule has 4 aromatic rings. The van der Waals surface area contributed by atoms with Crippen LogP contribution < -0.4 is 5.32 Å². The second-order valence-electron chi connectivity index (χ2n) is 6.98. The molecule has 0 spiro atoms. The minimum absolute atomic E-state index is 0.134. The number of carbonyl (C=O) groups is 1. The summed E-state index contributed by atoms with van der Waals surface area (Å²) < 4.78 is 19.5. The molecule has 0 aliphatic rings. The first-order chi connectivity index (χ1) is 15.1. The van der Waals surface area contributed by atoms with Crippen molar-refractivity contribution >= 4 is 17.7 Å². The van der Waals surface area contributed by atoms with Gasteiger partial charge in [0.25, 0.3) is 5.91 Å². The summed E-state index contributed by atoms with van der Waals surface area (Å²) in [6.45, 7) is 2.04. The highest BCUT2D eigenvalue weighted by atomic mass is 32.2. The van der Waals surface area contributed by atoms with Gasteiger partial charge in [-0.15, -0.1) is 11.8 Å².